The fraction of sp³-hybridized carbons (Fsp3) is 0.500. The SMILES string of the molecule is CN1CCC(=NO)c2ccn(CCCCCN3CCN(c4ccccc4)CC3)c2C1=O. The molecule has 1 aromatic heterocycles. The Balaban J connectivity index is 1.22. The molecule has 0 bridgehead atoms. The monoisotopic (exact) mass is 423 g/mol. The molecule has 0 aliphatic carbocycles. The third-order valence-corrected chi connectivity index (χ3v) is 6.50. The van der Waals surface area contributed by atoms with Gasteiger partial charge in [0.1, 0.15) is 5.69 Å². The number of carbonyl (C=O) groups is 1. The van der Waals surface area contributed by atoms with E-state index >= 15 is 0 Å². The molecule has 1 saturated heterocycles. The third-order valence-electron chi connectivity index (χ3n) is 6.50. The minimum atomic E-state index is 0.00920. The summed E-state index contributed by atoms with van der Waals surface area (Å²) in [6.45, 7) is 6.93. The van der Waals surface area contributed by atoms with E-state index in [4.69, 9.17) is 0 Å². The van der Waals surface area contributed by atoms with Crippen LogP contribution in [0.1, 0.15) is 41.7 Å². The van der Waals surface area contributed by atoms with Crippen LogP contribution in [0.2, 0.25) is 0 Å². The lowest BCUT2D eigenvalue weighted by Crippen LogP contribution is -2.46. The molecule has 2 aliphatic rings. The Hall–Kier alpha value is -2.80. The number of hydrogen-bond acceptors (Lipinski definition) is 5. The van der Waals surface area contributed by atoms with Gasteiger partial charge in [-0.15, -0.1) is 0 Å². The normalized spacial score (nSPS) is 19.0. The number of para-hydroxylation sites is 1. The predicted octanol–water partition coefficient (Wildman–Crippen LogP) is 3.13. The van der Waals surface area contributed by atoms with E-state index in [1.54, 1.807) is 11.9 Å². The third kappa shape index (κ3) is 4.93. The van der Waals surface area contributed by atoms with Gasteiger partial charge in [0, 0.05) is 70.2 Å². The van der Waals surface area contributed by atoms with Gasteiger partial charge in [-0.1, -0.05) is 29.8 Å². The van der Waals surface area contributed by atoms with Crippen molar-refractivity contribution in [1.82, 2.24) is 14.4 Å². The van der Waals surface area contributed by atoms with Gasteiger partial charge >= 0.3 is 0 Å². The summed E-state index contributed by atoms with van der Waals surface area (Å²) < 4.78 is 2.03. The zero-order valence-corrected chi connectivity index (χ0v) is 18.4. The van der Waals surface area contributed by atoms with Crippen molar-refractivity contribution in [2.75, 3.05) is 51.2 Å². The molecule has 0 unspecified atom stereocenters. The first-order valence-corrected chi connectivity index (χ1v) is 11.4. The Bertz CT molecular complexity index is 900. The average Bonchev–Trinajstić information content (AvgIpc) is 3.18. The van der Waals surface area contributed by atoms with Crippen LogP contribution in [0.4, 0.5) is 5.69 Å². The van der Waals surface area contributed by atoms with Crippen LogP contribution in [-0.4, -0.2) is 77.5 Å². The number of oxime groups is 1. The van der Waals surface area contributed by atoms with E-state index in [0.717, 1.165) is 57.7 Å². The standard InChI is InChI=1S/C24H33N5O2/c1-26-14-11-22(25-31)21-10-15-29(23(21)24(26)30)13-7-3-6-12-27-16-18-28(19-17-27)20-8-4-2-5-9-20/h2,4-5,8-10,15,31H,3,6-7,11-14,16-19H2,1H3. The molecule has 7 heteroatoms. The number of rotatable bonds is 7. The molecule has 3 heterocycles. The maximum atomic E-state index is 12.8. The maximum Gasteiger partial charge on any atom is 0.270 e. The Labute approximate surface area is 184 Å². The summed E-state index contributed by atoms with van der Waals surface area (Å²) in [7, 11) is 1.81. The maximum absolute atomic E-state index is 12.8. The van der Waals surface area contributed by atoms with Crippen LogP contribution < -0.4 is 4.90 Å². The van der Waals surface area contributed by atoms with Crippen LogP contribution >= 0.6 is 0 Å². The van der Waals surface area contributed by atoms with Crippen LogP contribution in [0.25, 0.3) is 0 Å². The molecule has 7 nitrogen and oxygen atoms in total. The lowest BCUT2D eigenvalue weighted by molar-refractivity contribution is 0.0791. The number of amides is 1. The molecule has 0 spiro atoms. The number of aromatic nitrogens is 1. The fourth-order valence-electron chi connectivity index (χ4n) is 4.59. The van der Waals surface area contributed by atoms with Crippen molar-refractivity contribution in [2.24, 2.45) is 5.16 Å². The summed E-state index contributed by atoms with van der Waals surface area (Å²) in [5.41, 5.74) is 3.35. The Kier molecular flexibility index (Phi) is 6.92. The van der Waals surface area contributed by atoms with Gasteiger partial charge in [-0.3, -0.25) is 9.69 Å². The van der Waals surface area contributed by atoms with E-state index in [-0.39, 0.29) is 5.91 Å². The van der Waals surface area contributed by atoms with E-state index in [0.29, 0.717) is 24.4 Å². The summed E-state index contributed by atoms with van der Waals surface area (Å²) in [5.74, 6) is 0.00920. The highest BCUT2D eigenvalue weighted by atomic mass is 16.4. The second kappa shape index (κ2) is 10.0. The highest BCUT2D eigenvalue weighted by molar-refractivity contribution is 6.11. The molecule has 0 saturated carbocycles. The molecular weight excluding hydrogens is 390 g/mol. The first-order chi connectivity index (χ1) is 15.2. The van der Waals surface area contributed by atoms with Gasteiger partial charge in [-0.2, -0.15) is 0 Å². The first kappa shape index (κ1) is 21.4. The van der Waals surface area contributed by atoms with E-state index in [2.05, 4.69) is 45.3 Å². The Morgan fingerprint density at radius 2 is 1.68 bits per heavy atom. The average molecular weight is 424 g/mol. The topological polar surface area (TPSA) is 64.3 Å². The Morgan fingerprint density at radius 3 is 2.42 bits per heavy atom. The Morgan fingerprint density at radius 1 is 0.935 bits per heavy atom. The van der Waals surface area contributed by atoms with Gasteiger partial charge < -0.3 is 19.6 Å². The molecule has 0 atom stereocenters. The molecule has 1 aromatic carbocycles. The van der Waals surface area contributed by atoms with Crippen LogP contribution in [0, 0.1) is 0 Å². The smallest absolute Gasteiger partial charge is 0.270 e. The number of anilines is 1. The molecule has 0 radical (unpaired) electrons. The van der Waals surface area contributed by atoms with Crippen LogP contribution in [0.3, 0.4) is 0 Å². The van der Waals surface area contributed by atoms with Crippen molar-refractivity contribution >= 4 is 17.3 Å². The van der Waals surface area contributed by atoms with Gasteiger partial charge in [-0.25, -0.2) is 0 Å². The van der Waals surface area contributed by atoms with E-state index in [1.807, 2.05) is 16.8 Å². The minimum Gasteiger partial charge on any atom is -0.411 e. The van der Waals surface area contributed by atoms with Crippen molar-refractivity contribution in [1.29, 1.82) is 0 Å². The van der Waals surface area contributed by atoms with E-state index < -0.39 is 0 Å². The fourth-order valence-corrected chi connectivity index (χ4v) is 4.59. The number of hydrogen-bond donors (Lipinski definition) is 1. The molecular formula is C24H33N5O2. The number of piperazine rings is 1. The summed E-state index contributed by atoms with van der Waals surface area (Å²) in [5, 5.41) is 12.8. The van der Waals surface area contributed by atoms with Gasteiger partial charge in [0.05, 0.1) is 5.71 Å². The molecule has 1 amide bonds. The van der Waals surface area contributed by atoms with Gasteiger partial charge in [-0.05, 0) is 37.6 Å². The van der Waals surface area contributed by atoms with Gasteiger partial charge in [0.2, 0.25) is 0 Å². The molecule has 31 heavy (non-hydrogen) atoms. The van der Waals surface area contributed by atoms with Crippen LogP contribution in [0.15, 0.2) is 47.8 Å². The lowest BCUT2D eigenvalue weighted by Gasteiger charge is -2.36. The molecule has 1 fully saturated rings. The van der Waals surface area contributed by atoms with Crippen molar-refractivity contribution < 1.29 is 10.0 Å². The van der Waals surface area contributed by atoms with Gasteiger partial charge in [0.25, 0.3) is 5.91 Å². The van der Waals surface area contributed by atoms with Crippen LogP contribution in [-0.2, 0) is 6.54 Å². The second-order valence-corrected chi connectivity index (χ2v) is 8.52. The highest BCUT2D eigenvalue weighted by Crippen LogP contribution is 2.21. The number of aryl methyl sites for hydroxylation is 1. The van der Waals surface area contributed by atoms with Crippen molar-refractivity contribution in [3.63, 3.8) is 0 Å². The molecule has 2 aromatic rings. The van der Waals surface area contributed by atoms with Crippen molar-refractivity contribution in [2.45, 2.75) is 32.2 Å². The molecule has 1 N–H and O–H groups in total. The number of unbranched alkanes of at least 4 members (excludes halogenated alkanes) is 2. The highest BCUT2D eigenvalue weighted by Gasteiger charge is 2.27. The van der Waals surface area contributed by atoms with Crippen molar-refractivity contribution in [3.8, 4) is 0 Å². The zero-order chi connectivity index (χ0) is 21.6. The predicted molar refractivity (Wildman–Crippen MR) is 123 cm³/mol. The van der Waals surface area contributed by atoms with Crippen LogP contribution in [0.5, 0.6) is 0 Å². The number of benzene rings is 1. The number of fused-ring (bicyclic) bond motifs is 1. The largest absolute Gasteiger partial charge is 0.411 e. The zero-order valence-electron chi connectivity index (χ0n) is 18.4. The summed E-state index contributed by atoms with van der Waals surface area (Å²) >= 11 is 0. The van der Waals surface area contributed by atoms with Gasteiger partial charge in [0.15, 0.2) is 0 Å². The quantitative estimate of drug-likeness (QED) is 0.422. The second-order valence-electron chi connectivity index (χ2n) is 8.52. The summed E-state index contributed by atoms with van der Waals surface area (Å²) in [4.78, 5) is 19.5. The number of carbonyl (C=O) groups excluding carboxylic acids is 1. The van der Waals surface area contributed by atoms with E-state index in [9.17, 15) is 10.0 Å². The first-order valence-electron chi connectivity index (χ1n) is 11.4. The number of nitrogens with zero attached hydrogens (tertiary/aromatic N) is 5. The molecule has 4 rings (SSSR count). The van der Waals surface area contributed by atoms with Crippen molar-refractivity contribution in [3.05, 3.63) is 53.9 Å². The molecule has 2 aliphatic heterocycles. The molecule has 166 valence electrons. The lowest BCUT2D eigenvalue weighted by atomic mass is 10.1. The van der Waals surface area contributed by atoms with E-state index in [1.165, 1.54) is 12.1 Å². The minimum absolute atomic E-state index is 0.00920. The summed E-state index contributed by atoms with van der Waals surface area (Å²) in [6.07, 6.45) is 5.87. The summed E-state index contributed by atoms with van der Waals surface area (Å²) in [6, 6.07) is 12.6.